The zero-order valence-electron chi connectivity index (χ0n) is 14.6. The molecule has 5 heteroatoms. The Balaban J connectivity index is 1.64. The lowest BCUT2D eigenvalue weighted by atomic mass is 9.89. The van der Waals surface area contributed by atoms with E-state index in [-0.39, 0.29) is 5.41 Å². The molecule has 0 aliphatic heterocycles. The van der Waals surface area contributed by atoms with Gasteiger partial charge in [0.1, 0.15) is 0 Å². The van der Waals surface area contributed by atoms with E-state index in [1.807, 2.05) is 29.3 Å². The predicted molar refractivity (Wildman–Crippen MR) is 95.6 cm³/mol. The van der Waals surface area contributed by atoms with E-state index >= 15 is 0 Å². The molecule has 1 aromatic carbocycles. The van der Waals surface area contributed by atoms with E-state index in [1.165, 1.54) is 22.4 Å². The summed E-state index contributed by atoms with van der Waals surface area (Å²) in [5.41, 5.74) is 5.09. The Labute approximate surface area is 143 Å². The van der Waals surface area contributed by atoms with E-state index in [0.717, 1.165) is 19.6 Å². The van der Waals surface area contributed by atoms with Crippen LogP contribution in [0.4, 0.5) is 0 Å². The van der Waals surface area contributed by atoms with Gasteiger partial charge < -0.3 is 5.32 Å². The molecular formula is C19H25N5. The SMILES string of the molecule is CC(C)(C)c1[nH]ncc1CNCc1ccccc1Cn1cccn1. The number of hydrogen-bond donors (Lipinski definition) is 2. The Hall–Kier alpha value is -2.40. The molecule has 3 rings (SSSR count). The van der Waals surface area contributed by atoms with Gasteiger partial charge in [0.25, 0.3) is 0 Å². The van der Waals surface area contributed by atoms with Crippen molar-refractivity contribution in [2.45, 2.75) is 45.8 Å². The van der Waals surface area contributed by atoms with E-state index in [1.54, 1.807) is 0 Å². The zero-order valence-corrected chi connectivity index (χ0v) is 14.6. The quantitative estimate of drug-likeness (QED) is 0.732. The summed E-state index contributed by atoms with van der Waals surface area (Å²) >= 11 is 0. The number of nitrogens with one attached hydrogen (secondary N) is 2. The van der Waals surface area contributed by atoms with Gasteiger partial charge in [0, 0.05) is 42.2 Å². The summed E-state index contributed by atoms with van der Waals surface area (Å²) in [5.74, 6) is 0. The largest absolute Gasteiger partial charge is 0.308 e. The van der Waals surface area contributed by atoms with Crippen molar-refractivity contribution in [3.05, 3.63) is 71.3 Å². The molecule has 0 bridgehead atoms. The van der Waals surface area contributed by atoms with Gasteiger partial charge in [-0.1, -0.05) is 45.0 Å². The summed E-state index contributed by atoms with van der Waals surface area (Å²) in [7, 11) is 0. The first kappa shape index (κ1) is 16.5. The van der Waals surface area contributed by atoms with Crippen molar-refractivity contribution in [1.29, 1.82) is 0 Å². The maximum Gasteiger partial charge on any atom is 0.0662 e. The first-order valence-electron chi connectivity index (χ1n) is 8.31. The van der Waals surface area contributed by atoms with Crippen LogP contribution in [0.3, 0.4) is 0 Å². The first-order chi connectivity index (χ1) is 11.5. The molecule has 0 spiro atoms. The fourth-order valence-electron chi connectivity index (χ4n) is 2.88. The molecule has 0 aliphatic rings. The van der Waals surface area contributed by atoms with Crippen molar-refractivity contribution in [3.63, 3.8) is 0 Å². The minimum Gasteiger partial charge on any atom is -0.308 e. The van der Waals surface area contributed by atoms with Gasteiger partial charge in [-0.05, 0) is 17.2 Å². The molecule has 126 valence electrons. The van der Waals surface area contributed by atoms with Crippen molar-refractivity contribution in [1.82, 2.24) is 25.3 Å². The number of aromatic nitrogens is 4. The fraction of sp³-hybridized carbons (Fsp3) is 0.368. The molecule has 0 amide bonds. The molecule has 2 heterocycles. The molecule has 0 saturated heterocycles. The number of aromatic amines is 1. The van der Waals surface area contributed by atoms with Gasteiger partial charge in [-0.3, -0.25) is 9.78 Å². The van der Waals surface area contributed by atoms with Gasteiger partial charge in [-0.2, -0.15) is 10.2 Å². The van der Waals surface area contributed by atoms with Crippen LogP contribution in [0.2, 0.25) is 0 Å². The second-order valence-electron chi connectivity index (χ2n) is 7.10. The highest BCUT2D eigenvalue weighted by Crippen LogP contribution is 2.23. The van der Waals surface area contributed by atoms with Crippen LogP contribution in [0.25, 0.3) is 0 Å². The predicted octanol–water partition coefficient (Wildman–Crippen LogP) is 3.24. The standard InChI is InChI=1S/C19H25N5/c1-19(2,3)18-17(13-21-23-18)12-20-11-15-7-4-5-8-16(15)14-24-10-6-9-22-24/h4-10,13,20H,11-12,14H2,1-3H3,(H,21,23). The molecule has 0 fully saturated rings. The molecule has 2 N–H and O–H groups in total. The average Bonchev–Trinajstić information content (AvgIpc) is 3.20. The van der Waals surface area contributed by atoms with Crippen LogP contribution in [-0.2, 0) is 25.0 Å². The van der Waals surface area contributed by atoms with Crippen molar-refractivity contribution >= 4 is 0 Å². The average molecular weight is 323 g/mol. The van der Waals surface area contributed by atoms with Gasteiger partial charge >= 0.3 is 0 Å². The van der Waals surface area contributed by atoms with Gasteiger partial charge in [0.05, 0.1) is 12.7 Å². The molecule has 0 radical (unpaired) electrons. The second kappa shape index (κ2) is 7.01. The monoisotopic (exact) mass is 323 g/mol. The normalized spacial score (nSPS) is 11.8. The summed E-state index contributed by atoms with van der Waals surface area (Å²) in [5, 5.41) is 15.2. The molecular weight excluding hydrogens is 298 g/mol. The van der Waals surface area contributed by atoms with E-state index in [9.17, 15) is 0 Å². The lowest BCUT2D eigenvalue weighted by Gasteiger charge is -2.18. The summed E-state index contributed by atoms with van der Waals surface area (Å²) in [6.07, 6.45) is 5.72. The Morgan fingerprint density at radius 1 is 1.04 bits per heavy atom. The zero-order chi connectivity index (χ0) is 17.0. The van der Waals surface area contributed by atoms with Crippen molar-refractivity contribution in [2.24, 2.45) is 0 Å². The third-order valence-corrected chi connectivity index (χ3v) is 4.11. The molecule has 3 aromatic rings. The lowest BCUT2D eigenvalue weighted by Crippen LogP contribution is -2.19. The van der Waals surface area contributed by atoms with E-state index in [4.69, 9.17) is 0 Å². The maximum absolute atomic E-state index is 4.30. The van der Waals surface area contributed by atoms with Crippen LogP contribution < -0.4 is 5.32 Å². The number of benzene rings is 1. The van der Waals surface area contributed by atoms with Gasteiger partial charge in [0.2, 0.25) is 0 Å². The lowest BCUT2D eigenvalue weighted by molar-refractivity contribution is 0.553. The second-order valence-corrected chi connectivity index (χ2v) is 7.10. The molecule has 2 aromatic heterocycles. The van der Waals surface area contributed by atoms with Crippen LogP contribution in [-0.4, -0.2) is 20.0 Å². The topological polar surface area (TPSA) is 58.5 Å². The Bertz CT molecular complexity index is 765. The Morgan fingerprint density at radius 3 is 2.50 bits per heavy atom. The molecule has 5 nitrogen and oxygen atoms in total. The van der Waals surface area contributed by atoms with Crippen LogP contribution in [0, 0.1) is 0 Å². The molecule has 0 atom stereocenters. The number of nitrogens with zero attached hydrogens (tertiary/aromatic N) is 3. The van der Waals surface area contributed by atoms with E-state index in [0.29, 0.717) is 0 Å². The maximum atomic E-state index is 4.30. The third kappa shape index (κ3) is 3.92. The Kier molecular flexibility index (Phi) is 4.81. The summed E-state index contributed by atoms with van der Waals surface area (Å²) in [4.78, 5) is 0. The van der Waals surface area contributed by atoms with Crippen molar-refractivity contribution in [2.75, 3.05) is 0 Å². The highest BCUT2D eigenvalue weighted by atomic mass is 15.3. The third-order valence-electron chi connectivity index (χ3n) is 4.11. The Morgan fingerprint density at radius 2 is 1.79 bits per heavy atom. The van der Waals surface area contributed by atoms with E-state index in [2.05, 4.69) is 65.6 Å². The molecule has 24 heavy (non-hydrogen) atoms. The van der Waals surface area contributed by atoms with Crippen LogP contribution in [0.5, 0.6) is 0 Å². The number of rotatable bonds is 6. The van der Waals surface area contributed by atoms with Gasteiger partial charge in [0.15, 0.2) is 0 Å². The molecule has 0 unspecified atom stereocenters. The fourth-order valence-corrected chi connectivity index (χ4v) is 2.88. The molecule has 0 aliphatic carbocycles. The van der Waals surface area contributed by atoms with E-state index < -0.39 is 0 Å². The van der Waals surface area contributed by atoms with Crippen LogP contribution in [0.1, 0.15) is 43.2 Å². The highest BCUT2D eigenvalue weighted by Gasteiger charge is 2.19. The van der Waals surface area contributed by atoms with Crippen LogP contribution >= 0.6 is 0 Å². The number of H-pyrrole nitrogens is 1. The van der Waals surface area contributed by atoms with Crippen molar-refractivity contribution < 1.29 is 0 Å². The summed E-state index contributed by atoms with van der Waals surface area (Å²) in [6.45, 7) is 9.02. The summed E-state index contributed by atoms with van der Waals surface area (Å²) in [6, 6.07) is 10.5. The first-order valence-corrected chi connectivity index (χ1v) is 8.31. The van der Waals surface area contributed by atoms with Crippen LogP contribution in [0.15, 0.2) is 48.9 Å². The van der Waals surface area contributed by atoms with Gasteiger partial charge in [-0.25, -0.2) is 0 Å². The smallest absolute Gasteiger partial charge is 0.0662 e. The molecule has 0 saturated carbocycles. The minimum absolute atomic E-state index is 0.0749. The summed E-state index contributed by atoms with van der Waals surface area (Å²) < 4.78 is 1.95. The number of hydrogen-bond acceptors (Lipinski definition) is 3. The van der Waals surface area contributed by atoms with Crippen molar-refractivity contribution in [3.8, 4) is 0 Å². The highest BCUT2D eigenvalue weighted by molar-refractivity contribution is 5.28. The minimum atomic E-state index is 0.0749. The van der Waals surface area contributed by atoms with Gasteiger partial charge in [-0.15, -0.1) is 0 Å².